The number of hydrogen-bond acceptors (Lipinski definition) is 4. The lowest BCUT2D eigenvalue weighted by molar-refractivity contribution is 0.510. The highest BCUT2D eigenvalue weighted by molar-refractivity contribution is 7.84. The number of nitrogens with one attached hydrogen (secondary N) is 2. The molecule has 2 N–H and O–H groups in total. The molecule has 2 atom stereocenters. The predicted octanol–water partition coefficient (Wildman–Crippen LogP) is 0.503. The van der Waals surface area contributed by atoms with E-state index in [9.17, 15) is 0 Å². The lowest BCUT2D eigenvalue weighted by Crippen LogP contribution is -2.27. The summed E-state index contributed by atoms with van der Waals surface area (Å²) >= 11 is 8.84. The number of hydrogen-bond donors (Lipinski definition) is 4. The van der Waals surface area contributed by atoms with E-state index in [1.54, 1.807) is 0 Å². The highest BCUT2D eigenvalue weighted by atomic mass is 32.1. The normalized spacial score (nSPS) is 25.4. The zero-order chi connectivity index (χ0) is 13.6. The Labute approximate surface area is 128 Å². The molecule has 1 aromatic rings. The molecule has 2 aliphatic heterocycles. The van der Waals surface area contributed by atoms with Gasteiger partial charge in [0.15, 0.2) is 0 Å². The van der Waals surface area contributed by atoms with E-state index in [2.05, 4.69) is 35.9 Å². The van der Waals surface area contributed by atoms with Crippen LogP contribution in [0.2, 0.25) is 0 Å². The average Bonchev–Trinajstić information content (AvgIpc) is 3.04. The van der Waals surface area contributed by atoms with Gasteiger partial charge in [0, 0.05) is 34.0 Å². The fraction of sp³-hybridized carbons (Fsp3) is 0.538. The van der Waals surface area contributed by atoms with E-state index >= 15 is 0 Å². The molecule has 0 aliphatic carbocycles. The molecule has 2 aliphatic rings. The van der Waals surface area contributed by atoms with Gasteiger partial charge in [-0.3, -0.25) is 0 Å². The third kappa shape index (κ3) is 2.32. The molecule has 3 rings (SSSR count). The lowest BCUT2D eigenvalue weighted by atomic mass is 9.78. The third-order valence-electron chi connectivity index (χ3n) is 4.23. The van der Waals surface area contributed by atoms with Crippen molar-refractivity contribution in [3.63, 3.8) is 0 Å². The van der Waals surface area contributed by atoms with Gasteiger partial charge in [-0.1, -0.05) is 10.9 Å². The van der Waals surface area contributed by atoms with E-state index in [0.717, 1.165) is 36.2 Å². The van der Waals surface area contributed by atoms with Crippen molar-refractivity contribution >= 4 is 57.6 Å². The minimum atomic E-state index is 0.410. The summed E-state index contributed by atoms with van der Waals surface area (Å²) in [6.45, 7) is 2.02. The topological polar surface area (TPSA) is 24.1 Å². The molecule has 2 nitrogen and oxygen atoms in total. The molecular formula is C13H16B2N2S2. The van der Waals surface area contributed by atoms with Crippen LogP contribution in [0.3, 0.4) is 0 Å². The number of fused-ring (bicyclic) bond motifs is 1. The summed E-state index contributed by atoms with van der Waals surface area (Å²) < 4.78 is 0. The largest absolute Gasteiger partial charge is 0.385 e. The molecule has 1 aromatic carbocycles. The van der Waals surface area contributed by atoms with Gasteiger partial charge in [-0.05, 0) is 31.4 Å². The van der Waals surface area contributed by atoms with Gasteiger partial charge in [-0.25, -0.2) is 0 Å². The molecule has 0 bridgehead atoms. The molecule has 0 saturated carbocycles. The van der Waals surface area contributed by atoms with Crippen LogP contribution in [-0.4, -0.2) is 34.8 Å². The minimum Gasteiger partial charge on any atom is -0.385 e. The smallest absolute Gasteiger partial charge is 0.118 e. The first-order valence-electron chi connectivity index (χ1n) is 6.69. The van der Waals surface area contributed by atoms with Crippen molar-refractivity contribution in [1.29, 1.82) is 0 Å². The number of rotatable bonds is 2. The molecule has 19 heavy (non-hydrogen) atoms. The molecule has 1 fully saturated rings. The van der Waals surface area contributed by atoms with Gasteiger partial charge in [0.25, 0.3) is 0 Å². The molecule has 0 spiro atoms. The maximum absolute atomic E-state index is 6.23. The second kappa shape index (κ2) is 5.30. The van der Waals surface area contributed by atoms with Crippen molar-refractivity contribution in [3.05, 3.63) is 5.56 Å². The van der Waals surface area contributed by atoms with E-state index in [1.165, 1.54) is 12.8 Å². The van der Waals surface area contributed by atoms with E-state index in [-0.39, 0.29) is 0 Å². The van der Waals surface area contributed by atoms with Crippen LogP contribution in [0.1, 0.15) is 30.7 Å². The Bertz CT molecular complexity index is 516. The first-order valence-corrected chi connectivity index (χ1v) is 7.59. The van der Waals surface area contributed by atoms with Crippen molar-refractivity contribution in [2.45, 2.75) is 41.0 Å². The summed E-state index contributed by atoms with van der Waals surface area (Å²) in [7, 11) is 12.3. The SMILES string of the molecule is [B]c1c(S)c(S)c([B])c2c1NCC2C[C@H]1CCCN1. The van der Waals surface area contributed by atoms with Crippen molar-refractivity contribution in [1.82, 2.24) is 5.32 Å². The van der Waals surface area contributed by atoms with Gasteiger partial charge in [0.05, 0.1) is 0 Å². The lowest BCUT2D eigenvalue weighted by Gasteiger charge is -2.20. The van der Waals surface area contributed by atoms with Crippen molar-refractivity contribution < 1.29 is 0 Å². The summed E-state index contributed by atoms with van der Waals surface area (Å²) in [6, 6.07) is 0.595. The third-order valence-corrected chi connectivity index (χ3v) is 5.33. The first-order chi connectivity index (χ1) is 9.09. The highest BCUT2D eigenvalue weighted by Gasteiger charge is 2.30. The van der Waals surface area contributed by atoms with Crippen molar-refractivity contribution in [2.75, 3.05) is 18.4 Å². The van der Waals surface area contributed by atoms with Gasteiger partial charge in [0.2, 0.25) is 0 Å². The average molecular weight is 286 g/mol. The minimum absolute atomic E-state index is 0.410. The molecule has 0 amide bonds. The summed E-state index contributed by atoms with van der Waals surface area (Å²) in [4.78, 5) is 1.37. The maximum Gasteiger partial charge on any atom is 0.118 e. The predicted molar refractivity (Wildman–Crippen MR) is 88.6 cm³/mol. The van der Waals surface area contributed by atoms with Crippen LogP contribution in [-0.2, 0) is 0 Å². The van der Waals surface area contributed by atoms with Gasteiger partial charge >= 0.3 is 0 Å². The van der Waals surface area contributed by atoms with E-state index in [0.29, 0.717) is 27.2 Å². The van der Waals surface area contributed by atoms with E-state index in [4.69, 9.17) is 15.7 Å². The van der Waals surface area contributed by atoms with Crippen LogP contribution in [0.4, 0.5) is 5.69 Å². The van der Waals surface area contributed by atoms with Crippen molar-refractivity contribution in [2.24, 2.45) is 0 Å². The Morgan fingerprint density at radius 1 is 1.16 bits per heavy atom. The summed E-state index contributed by atoms with van der Waals surface area (Å²) in [5, 5.41) is 6.93. The Hall–Kier alpha value is -0.190. The van der Waals surface area contributed by atoms with Crippen molar-refractivity contribution in [3.8, 4) is 0 Å². The van der Waals surface area contributed by atoms with Crippen LogP contribution in [0, 0.1) is 0 Å². The summed E-state index contributed by atoms with van der Waals surface area (Å²) in [5.41, 5.74) is 3.49. The van der Waals surface area contributed by atoms with Crippen LogP contribution < -0.4 is 21.6 Å². The van der Waals surface area contributed by atoms with E-state index in [1.807, 2.05) is 0 Å². The fourth-order valence-electron chi connectivity index (χ4n) is 3.23. The first kappa shape index (κ1) is 13.8. The Kier molecular flexibility index (Phi) is 3.84. The Morgan fingerprint density at radius 3 is 2.58 bits per heavy atom. The van der Waals surface area contributed by atoms with Crippen LogP contribution in [0.25, 0.3) is 0 Å². The molecule has 96 valence electrons. The van der Waals surface area contributed by atoms with Gasteiger partial charge in [-0.2, -0.15) is 0 Å². The second-order valence-electron chi connectivity index (χ2n) is 5.42. The van der Waals surface area contributed by atoms with Crippen LogP contribution >= 0.6 is 25.3 Å². The van der Waals surface area contributed by atoms with Crippen LogP contribution in [0.5, 0.6) is 0 Å². The number of anilines is 1. The molecule has 2 heterocycles. The molecule has 0 aromatic heterocycles. The quantitative estimate of drug-likeness (QED) is 0.470. The standard InChI is InChI=1S/C13H16B2N2S2/c14-9-8-6(4-7-2-1-3-16-7)5-17-11(8)10(15)13(19)12(9)18/h6-7,16-19H,1-5H2/t6?,7-/m1/s1. The second-order valence-corrected chi connectivity index (χ2v) is 6.31. The van der Waals surface area contributed by atoms with Crippen LogP contribution in [0.15, 0.2) is 9.79 Å². The Balaban J connectivity index is 1.95. The Morgan fingerprint density at radius 2 is 1.89 bits per heavy atom. The molecule has 4 radical (unpaired) electrons. The zero-order valence-electron chi connectivity index (χ0n) is 10.7. The summed E-state index contributed by atoms with van der Waals surface area (Å²) in [5.74, 6) is 0.410. The molecule has 1 unspecified atom stereocenters. The molecule has 1 saturated heterocycles. The number of thiol groups is 2. The fourth-order valence-corrected chi connectivity index (χ4v) is 3.70. The number of benzene rings is 1. The van der Waals surface area contributed by atoms with Gasteiger partial charge in [-0.15, -0.1) is 25.3 Å². The molecule has 6 heteroatoms. The van der Waals surface area contributed by atoms with Gasteiger partial charge < -0.3 is 10.6 Å². The van der Waals surface area contributed by atoms with Gasteiger partial charge in [0.1, 0.15) is 15.7 Å². The monoisotopic (exact) mass is 286 g/mol. The zero-order valence-corrected chi connectivity index (χ0v) is 12.5. The van der Waals surface area contributed by atoms with E-state index < -0.39 is 0 Å². The maximum atomic E-state index is 6.23. The highest BCUT2D eigenvalue weighted by Crippen LogP contribution is 2.35. The molecular weight excluding hydrogens is 270 g/mol. The summed E-state index contributed by atoms with van der Waals surface area (Å²) in [6.07, 6.45) is 3.62.